The van der Waals surface area contributed by atoms with Gasteiger partial charge in [-0.05, 0) is 47.7 Å². The van der Waals surface area contributed by atoms with Crippen LogP contribution in [0.5, 0.6) is 5.75 Å². The molecule has 0 fully saturated rings. The number of amides is 1. The Morgan fingerprint density at radius 2 is 1.79 bits per heavy atom. The van der Waals surface area contributed by atoms with Crippen LogP contribution in [-0.4, -0.2) is 16.8 Å². The van der Waals surface area contributed by atoms with Crippen molar-refractivity contribution in [3.8, 4) is 5.75 Å². The number of anilines is 1. The highest BCUT2D eigenvalue weighted by Gasteiger charge is 2.44. The SMILES string of the molecule is CC1(C)CC(=O)C2=C(C1)N(c1ccc(F)c(Cl)c1)C(=O)CC2c1ccc(O)cc1. The zero-order valence-corrected chi connectivity index (χ0v) is 17.0. The van der Waals surface area contributed by atoms with Gasteiger partial charge in [0.1, 0.15) is 11.6 Å². The fourth-order valence-corrected chi connectivity index (χ4v) is 4.51. The molecule has 0 aromatic heterocycles. The minimum atomic E-state index is -0.559. The van der Waals surface area contributed by atoms with Crippen LogP contribution in [0.3, 0.4) is 0 Å². The predicted octanol–water partition coefficient (Wildman–Crippen LogP) is 5.35. The number of Topliss-reactive ketones (excluding diaryl/α,β-unsaturated/α-hetero) is 1. The van der Waals surface area contributed by atoms with Gasteiger partial charge in [-0.2, -0.15) is 0 Å². The maximum absolute atomic E-state index is 13.7. The molecule has 4 nitrogen and oxygen atoms in total. The number of ketones is 1. The molecule has 1 aliphatic heterocycles. The standard InChI is InChI=1S/C23H21ClFNO3/c1-23(2)11-19-22(20(28)12-23)16(13-3-6-15(27)7-4-13)10-21(29)26(19)14-5-8-18(25)17(24)9-14/h3-9,16,27H,10-12H2,1-2H3. The first kappa shape index (κ1) is 19.6. The number of hydrogen-bond acceptors (Lipinski definition) is 3. The van der Waals surface area contributed by atoms with Gasteiger partial charge in [-0.1, -0.05) is 37.6 Å². The van der Waals surface area contributed by atoms with E-state index >= 15 is 0 Å². The van der Waals surface area contributed by atoms with Crippen molar-refractivity contribution < 1.29 is 19.1 Å². The summed E-state index contributed by atoms with van der Waals surface area (Å²) in [5.74, 6) is -0.955. The molecule has 2 aromatic rings. The monoisotopic (exact) mass is 413 g/mol. The van der Waals surface area contributed by atoms with Crippen molar-refractivity contribution in [1.29, 1.82) is 0 Å². The van der Waals surface area contributed by atoms with Crippen LogP contribution in [0.2, 0.25) is 5.02 Å². The Bertz CT molecular complexity index is 1040. The Morgan fingerprint density at radius 3 is 2.45 bits per heavy atom. The van der Waals surface area contributed by atoms with Crippen LogP contribution in [0.25, 0.3) is 0 Å². The van der Waals surface area contributed by atoms with Gasteiger partial charge in [0, 0.05) is 30.0 Å². The zero-order valence-electron chi connectivity index (χ0n) is 16.2. The third kappa shape index (κ3) is 3.55. The van der Waals surface area contributed by atoms with Crippen molar-refractivity contribution in [3.63, 3.8) is 0 Å². The van der Waals surface area contributed by atoms with Gasteiger partial charge in [0.2, 0.25) is 5.91 Å². The lowest BCUT2D eigenvalue weighted by atomic mass is 9.69. The number of halogens is 2. The van der Waals surface area contributed by atoms with E-state index in [0.717, 1.165) is 5.56 Å². The van der Waals surface area contributed by atoms with E-state index in [9.17, 15) is 19.1 Å². The van der Waals surface area contributed by atoms with Crippen molar-refractivity contribution in [1.82, 2.24) is 0 Å². The predicted molar refractivity (Wildman–Crippen MR) is 109 cm³/mol. The Labute approximate surface area is 173 Å². The van der Waals surface area contributed by atoms with E-state index in [2.05, 4.69) is 0 Å². The van der Waals surface area contributed by atoms with Crippen molar-refractivity contribution in [2.45, 2.75) is 39.0 Å². The summed E-state index contributed by atoms with van der Waals surface area (Å²) in [4.78, 5) is 27.9. The molecule has 0 spiro atoms. The van der Waals surface area contributed by atoms with E-state index in [1.807, 2.05) is 13.8 Å². The normalized spacial score (nSPS) is 21.4. The average molecular weight is 414 g/mol. The molecular weight excluding hydrogens is 393 g/mol. The second-order valence-electron chi connectivity index (χ2n) is 8.48. The van der Waals surface area contributed by atoms with Crippen molar-refractivity contribution >= 4 is 29.0 Å². The first-order valence-electron chi connectivity index (χ1n) is 9.49. The van der Waals surface area contributed by atoms with Crippen LogP contribution >= 0.6 is 11.6 Å². The van der Waals surface area contributed by atoms with Gasteiger partial charge in [0.25, 0.3) is 0 Å². The highest BCUT2D eigenvalue weighted by atomic mass is 35.5. The zero-order chi connectivity index (χ0) is 20.9. The molecule has 6 heteroatoms. The first-order chi connectivity index (χ1) is 13.7. The van der Waals surface area contributed by atoms with Crippen LogP contribution in [-0.2, 0) is 9.59 Å². The number of benzene rings is 2. The highest BCUT2D eigenvalue weighted by molar-refractivity contribution is 6.31. The molecule has 1 N–H and O–H groups in total. The number of phenolic OH excluding ortho intramolecular Hbond substituents is 1. The van der Waals surface area contributed by atoms with E-state index in [1.165, 1.54) is 23.1 Å². The summed E-state index contributed by atoms with van der Waals surface area (Å²) in [6.45, 7) is 4.00. The smallest absolute Gasteiger partial charge is 0.232 e. The molecule has 0 radical (unpaired) electrons. The lowest BCUT2D eigenvalue weighted by Crippen LogP contribution is -2.43. The van der Waals surface area contributed by atoms with Crippen LogP contribution in [0.15, 0.2) is 53.7 Å². The molecule has 0 saturated heterocycles. The summed E-state index contributed by atoms with van der Waals surface area (Å²) >= 11 is 5.96. The lowest BCUT2D eigenvalue weighted by Gasteiger charge is -2.43. The number of carbonyl (C=O) groups excluding carboxylic acids is 2. The van der Waals surface area contributed by atoms with E-state index in [0.29, 0.717) is 29.8 Å². The van der Waals surface area contributed by atoms with Crippen LogP contribution in [0.1, 0.15) is 44.6 Å². The molecule has 2 aromatic carbocycles. The number of allylic oxidation sites excluding steroid dienone is 2. The maximum atomic E-state index is 13.7. The summed E-state index contributed by atoms with van der Waals surface area (Å²) < 4.78 is 13.7. The second-order valence-corrected chi connectivity index (χ2v) is 8.88. The number of hydrogen-bond donors (Lipinski definition) is 1. The van der Waals surface area contributed by atoms with E-state index in [-0.39, 0.29) is 40.2 Å². The van der Waals surface area contributed by atoms with E-state index in [1.54, 1.807) is 24.3 Å². The van der Waals surface area contributed by atoms with Gasteiger partial charge in [-0.15, -0.1) is 0 Å². The fraction of sp³-hybridized carbons (Fsp3) is 0.304. The molecule has 150 valence electrons. The van der Waals surface area contributed by atoms with E-state index in [4.69, 9.17) is 11.6 Å². The molecular formula is C23H21ClFNO3. The van der Waals surface area contributed by atoms with Crippen LogP contribution in [0, 0.1) is 11.2 Å². The first-order valence-corrected chi connectivity index (χ1v) is 9.87. The van der Waals surface area contributed by atoms with Gasteiger partial charge in [-0.25, -0.2) is 4.39 Å². The summed E-state index contributed by atoms with van der Waals surface area (Å²) in [5.41, 5.74) is 2.25. The number of aromatic hydroxyl groups is 1. The molecule has 0 saturated carbocycles. The Balaban J connectivity index is 1.89. The average Bonchev–Trinajstić information content (AvgIpc) is 2.63. The van der Waals surface area contributed by atoms with Gasteiger partial charge in [-0.3, -0.25) is 14.5 Å². The van der Waals surface area contributed by atoms with E-state index < -0.39 is 5.82 Å². The number of phenols is 1. The summed E-state index contributed by atoms with van der Waals surface area (Å²) in [6.07, 6.45) is 1.06. The van der Waals surface area contributed by atoms with Gasteiger partial charge >= 0.3 is 0 Å². The molecule has 0 bridgehead atoms. The highest BCUT2D eigenvalue weighted by Crippen LogP contribution is 2.48. The van der Waals surface area contributed by atoms with Crippen LogP contribution in [0.4, 0.5) is 10.1 Å². The minimum Gasteiger partial charge on any atom is -0.508 e. The Hall–Kier alpha value is -2.66. The molecule has 1 atom stereocenters. The number of carbonyl (C=O) groups is 2. The molecule has 4 rings (SSSR count). The third-order valence-corrected chi connectivity index (χ3v) is 5.89. The van der Waals surface area contributed by atoms with Crippen molar-refractivity contribution in [3.05, 3.63) is 70.1 Å². The molecule has 1 unspecified atom stereocenters. The number of nitrogens with zero attached hydrogens (tertiary/aromatic N) is 1. The Kier molecular flexibility index (Phi) is 4.74. The molecule has 29 heavy (non-hydrogen) atoms. The Morgan fingerprint density at radius 1 is 1.10 bits per heavy atom. The molecule has 1 heterocycles. The fourth-order valence-electron chi connectivity index (χ4n) is 4.33. The van der Waals surface area contributed by atoms with Crippen LogP contribution < -0.4 is 4.90 Å². The van der Waals surface area contributed by atoms with Gasteiger partial charge in [0.05, 0.1) is 10.7 Å². The lowest BCUT2D eigenvalue weighted by molar-refractivity contribution is -0.121. The summed E-state index contributed by atoms with van der Waals surface area (Å²) in [6, 6.07) is 10.8. The quantitative estimate of drug-likeness (QED) is 0.722. The van der Waals surface area contributed by atoms with Crippen molar-refractivity contribution in [2.75, 3.05) is 4.90 Å². The van der Waals surface area contributed by atoms with Gasteiger partial charge < -0.3 is 5.11 Å². The maximum Gasteiger partial charge on any atom is 0.232 e. The summed E-state index contributed by atoms with van der Waals surface area (Å²) in [5, 5.41) is 9.53. The molecule has 2 aliphatic rings. The van der Waals surface area contributed by atoms with Crippen molar-refractivity contribution in [2.24, 2.45) is 5.41 Å². The molecule has 1 aliphatic carbocycles. The van der Waals surface area contributed by atoms with Gasteiger partial charge in [0.15, 0.2) is 5.78 Å². The largest absolute Gasteiger partial charge is 0.508 e. The number of rotatable bonds is 2. The minimum absolute atomic E-state index is 0.0139. The molecule has 1 amide bonds. The second kappa shape index (κ2) is 6.99. The topological polar surface area (TPSA) is 57.6 Å². The summed E-state index contributed by atoms with van der Waals surface area (Å²) in [7, 11) is 0. The third-order valence-electron chi connectivity index (χ3n) is 5.60.